The van der Waals surface area contributed by atoms with Crippen LogP contribution in [0.5, 0.6) is 0 Å². The number of allylic oxidation sites excluding steroid dienone is 21. The second kappa shape index (κ2) is 30.6. The zero-order valence-electron chi connectivity index (χ0n) is 37.9. The van der Waals surface area contributed by atoms with Crippen LogP contribution in [0.2, 0.25) is 0 Å². The molecule has 1 N–H and O–H groups in total. The summed E-state index contributed by atoms with van der Waals surface area (Å²) >= 11 is 0. The summed E-state index contributed by atoms with van der Waals surface area (Å²) in [4.78, 5) is 0. The van der Waals surface area contributed by atoms with Crippen LogP contribution >= 0.6 is 0 Å². The van der Waals surface area contributed by atoms with Gasteiger partial charge in [-0.3, -0.25) is 0 Å². The number of aliphatic hydroxyl groups excluding tert-OH is 1. The van der Waals surface area contributed by atoms with E-state index in [9.17, 15) is 5.11 Å². The van der Waals surface area contributed by atoms with Gasteiger partial charge in [0.15, 0.2) is 0 Å². The van der Waals surface area contributed by atoms with E-state index in [-0.39, 0.29) is 16.9 Å². The third-order valence-electron chi connectivity index (χ3n) is 8.97. The molecule has 0 aromatic heterocycles. The SMILES string of the molecule is CC.CC.CC.CC1=C(/C=C/C(C)=C/C=C/C(C)=C/C=C/C=C(C)/C=C/C=C(C)/C=C/C2=C(C)C[C@@H](C)CC2(C)C)C(C)(C)CC(O)C1.CCCC. The van der Waals surface area contributed by atoms with Crippen LogP contribution in [0.15, 0.2) is 130 Å². The first-order valence-electron chi connectivity index (χ1n) is 20.7. The van der Waals surface area contributed by atoms with E-state index in [0.29, 0.717) is 0 Å². The Kier molecular flexibility index (Phi) is 31.4. The quantitative estimate of drug-likeness (QED) is 0.211. The van der Waals surface area contributed by atoms with Crippen molar-refractivity contribution in [3.8, 4) is 0 Å². The molecule has 1 heteroatoms. The van der Waals surface area contributed by atoms with Gasteiger partial charge in [0.05, 0.1) is 6.10 Å². The van der Waals surface area contributed by atoms with Crippen LogP contribution in [-0.2, 0) is 0 Å². The molecule has 0 aromatic carbocycles. The maximum atomic E-state index is 10.1. The normalized spacial score (nSPS) is 21.2. The molecular formula is C51H86O. The largest absolute Gasteiger partial charge is 0.393 e. The number of aliphatic hydroxyl groups is 1. The van der Waals surface area contributed by atoms with E-state index in [0.717, 1.165) is 18.8 Å². The Morgan fingerprint density at radius 2 is 0.885 bits per heavy atom. The Bertz CT molecular complexity index is 1210. The van der Waals surface area contributed by atoms with E-state index in [1.807, 2.05) is 41.5 Å². The Morgan fingerprint density at radius 1 is 0.558 bits per heavy atom. The second-order valence-electron chi connectivity index (χ2n) is 15.1. The minimum atomic E-state index is -0.221. The van der Waals surface area contributed by atoms with E-state index in [1.165, 1.54) is 70.3 Å². The molecule has 0 aromatic rings. The van der Waals surface area contributed by atoms with E-state index < -0.39 is 0 Å². The summed E-state index contributed by atoms with van der Waals surface area (Å²) in [6, 6.07) is 0. The van der Waals surface area contributed by atoms with E-state index >= 15 is 0 Å². The molecule has 0 heterocycles. The molecule has 0 aliphatic heterocycles. The molecule has 2 aliphatic carbocycles. The molecule has 0 saturated heterocycles. The van der Waals surface area contributed by atoms with Crippen LogP contribution < -0.4 is 0 Å². The lowest BCUT2D eigenvalue weighted by Gasteiger charge is -2.36. The summed E-state index contributed by atoms with van der Waals surface area (Å²) in [6.45, 7) is 40.9. The highest BCUT2D eigenvalue weighted by atomic mass is 16.3. The fraction of sp³-hybridized carbons (Fsp3) is 0.569. The highest BCUT2D eigenvalue weighted by molar-refractivity contribution is 5.39. The number of hydrogen-bond acceptors (Lipinski definition) is 1. The molecule has 0 radical (unpaired) electrons. The zero-order valence-corrected chi connectivity index (χ0v) is 37.9. The molecule has 0 fully saturated rings. The lowest BCUT2D eigenvalue weighted by molar-refractivity contribution is 0.116. The van der Waals surface area contributed by atoms with E-state index in [2.05, 4.69) is 175 Å². The summed E-state index contributed by atoms with van der Waals surface area (Å²) < 4.78 is 0. The highest BCUT2D eigenvalue weighted by Crippen LogP contribution is 2.43. The average molecular weight is 715 g/mol. The minimum Gasteiger partial charge on any atom is -0.393 e. The first-order valence-corrected chi connectivity index (χ1v) is 20.7. The van der Waals surface area contributed by atoms with Crippen molar-refractivity contribution in [3.63, 3.8) is 0 Å². The molecule has 0 spiro atoms. The summed E-state index contributed by atoms with van der Waals surface area (Å²) in [5.74, 6) is 0.773. The third-order valence-corrected chi connectivity index (χ3v) is 8.97. The van der Waals surface area contributed by atoms with Crippen LogP contribution in [0, 0.1) is 16.7 Å². The molecule has 0 bridgehead atoms. The minimum absolute atomic E-state index is 0.0119. The topological polar surface area (TPSA) is 20.2 Å². The van der Waals surface area contributed by atoms with Crippen molar-refractivity contribution in [2.75, 3.05) is 0 Å². The van der Waals surface area contributed by atoms with Gasteiger partial charge in [-0.25, -0.2) is 0 Å². The number of rotatable bonds is 11. The van der Waals surface area contributed by atoms with Crippen molar-refractivity contribution in [1.29, 1.82) is 0 Å². The standard InChI is InChI=1S/C41H58O.C4H10.3C2H6/c1-30(18-14-20-32(3)22-24-38-35(6)26-34(5)28-40(38,8)9)16-12-13-17-31(2)19-15-21-33(4)23-25-39-36(7)27-37(42)29-41(39,10)11;1-3-4-2;3*1-2/h12-25,34,37,42H,26-29H2,1-11H3;3-4H2,1-2H3;3*1-2H3/b13-12+,18-14+,19-15+,24-22+,25-23+,30-16+,31-17+,32-20+,33-21+;;;;/t34-,37?;;;;/m1..../s1. The van der Waals surface area contributed by atoms with Crippen molar-refractivity contribution >= 4 is 0 Å². The van der Waals surface area contributed by atoms with Gasteiger partial charge in [0.2, 0.25) is 0 Å². The average Bonchev–Trinajstić information content (AvgIpc) is 3.07. The smallest absolute Gasteiger partial charge is 0.0585 e. The van der Waals surface area contributed by atoms with Gasteiger partial charge in [0.25, 0.3) is 0 Å². The molecule has 0 saturated carbocycles. The molecular weight excluding hydrogens is 629 g/mol. The van der Waals surface area contributed by atoms with Gasteiger partial charge < -0.3 is 5.11 Å². The molecule has 296 valence electrons. The van der Waals surface area contributed by atoms with Gasteiger partial charge in [0, 0.05) is 0 Å². The first-order chi connectivity index (χ1) is 24.5. The van der Waals surface area contributed by atoms with Gasteiger partial charge in [-0.2, -0.15) is 0 Å². The van der Waals surface area contributed by atoms with Crippen LogP contribution in [0.3, 0.4) is 0 Å². The molecule has 52 heavy (non-hydrogen) atoms. The molecule has 2 atom stereocenters. The zero-order chi connectivity index (χ0) is 40.9. The summed E-state index contributed by atoms with van der Waals surface area (Å²) in [5.41, 5.74) is 10.9. The maximum absolute atomic E-state index is 10.1. The Labute approximate surface area is 326 Å². The van der Waals surface area contributed by atoms with Crippen molar-refractivity contribution in [2.45, 2.75) is 176 Å². The lowest BCUT2D eigenvalue weighted by atomic mass is 9.69. The van der Waals surface area contributed by atoms with Crippen LogP contribution in [0.4, 0.5) is 0 Å². The molecule has 1 unspecified atom stereocenters. The first kappa shape index (κ1) is 53.5. The van der Waals surface area contributed by atoms with Gasteiger partial charge >= 0.3 is 0 Å². The van der Waals surface area contributed by atoms with E-state index in [4.69, 9.17) is 0 Å². The van der Waals surface area contributed by atoms with Gasteiger partial charge in [-0.05, 0) is 95.1 Å². The predicted molar refractivity (Wildman–Crippen MR) is 242 cm³/mol. The molecule has 2 aliphatic rings. The highest BCUT2D eigenvalue weighted by Gasteiger charge is 2.31. The summed E-state index contributed by atoms with van der Waals surface area (Å²) in [6.07, 6.45) is 36.8. The Morgan fingerprint density at radius 3 is 1.23 bits per heavy atom. The number of unbranched alkanes of at least 4 members (excludes halogenated alkanes) is 1. The van der Waals surface area contributed by atoms with Crippen molar-refractivity contribution in [2.24, 2.45) is 16.7 Å². The molecule has 2 rings (SSSR count). The van der Waals surface area contributed by atoms with Gasteiger partial charge in [0.1, 0.15) is 0 Å². The fourth-order valence-electron chi connectivity index (χ4n) is 6.58. The van der Waals surface area contributed by atoms with Crippen LogP contribution in [0.25, 0.3) is 0 Å². The van der Waals surface area contributed by atoms with E-state index in [1.54, 1.807) is 0 Å². The third kappa shape index (κ3) is 23.6. The summed E-state index contributed by atoms with van der Waals surface area (Å²) in [7, 11) is 0. The van der Waals surface area contributed by atoms with Crippen LogP contribution in [0.1, 0.15) is 170 Å². The number of hydrogen-bond donors (Lipinski definition) is 1. The fourth-order valence-corrected chi connectivity index (χ4v) is 6.58. The monoisotopic (exact) mass is 715 g/mol. The van der Waals surface area contributed by atoms with Crippen LogP contribution in [-0.4, -0.2) is 11.2 Å². The van der Waals surface area contributed by atoms with Gasteiger partial charge in [-0.1, -0.05) is 221 Å². The van der Waals surface area contributed by atoms with Crippen molar-refractivity contribution in [1.82, 2.24) is 0 Å². The summed E-state index contributed by atoms with van der Waals surface area (Å²) in [5, 5.41) is 10.1. The second-order valence-corrected chi connectivity index (χ2v) is 15.1. The maximum Gasteiger partial charge on any atom is 0.0585 e. The predicted octanol–water partition coefficient (Wildman–Crippen LogP) is 16.7. The Balaban J connectivity index is -0.00000217. The van der Waals surface area contributed by atoms with Crippen molar-refractivity contribution < 1.29 is 5.11 Å². The molecule has 0 amide bonds. The lowest BCUT2D eigenvalue weighted by Crippen LogP contribution is -2.28. The van der Waals surface area contributed by atoms with Crippen molar-refractivity contribution in [3.05, 3.63) is 130 Å². The molecule has 1 nitrogen and oxygen atoms in total. The van der Waals surface area contributed by atoms with Gasteiger partial charge in [-0.15, -0.1) is 0 Å². The Hall–Kier alpha value is -2.90.